The van der Waals surface area contributed by atoms with Gasteiger partial charge in [0, 0.05) is 23.6 Å². The molecule has 0 saturated carbocycles. The quantitative estimate of drug-likeness (QED) is 0.769. The molecule has 0 radical (unpaired) electrons. The van der Waals surface area contributed by atoms with Crippen molar-refractivity contribution in [2.75, 3.05) is 5.32 Å². The number of hydrogen-bond donors (Lipinski definition) is 1. The molecule has 2 aromatic heterocycles. The summed E-state index contributed by atoms with van der Waals surface area (Å²) in [6.07, 6.45) is 3.70. The van der Waals surface area contributed by atoms with Crippen molar-refractivity contribution in [3.05, 3.63) is 64.0 Å². The SMILES string of the molecule is Cc1cn2ccc(C(=O)Nc3ccc(Cl)c(Cl)c3)cc2n1. The number of nitrogens with zero attached hydrogens (tertiary/aromatic N) is 2. The number of aromatic nitrogens is 2. The standard InChI is InChI=1S/C15H11Cl2N3O/c1-9-8-20-5-4-10(6-14(20)18-9)15(21)19-11-2-3-12(16)13(17)7-11/h2-8H,1H3,(H,19,21). The van der Waals surface area contributed by atoms with E-state index in [0.29, 0.717) is 21.3 Å². The van der Waals surface area contributed by atoms with Crippen LogP contribution >= 0.6 is 23.2 Å². The summed E-state index contributed by atoms with van der Waals surface area (Å²) in [5.74, 6) is -0.225. The Kier molecular flexibility index (Phi) is 3.57. The summed E-state index contributed by atoms with van der Waals surface area (Å²) in [5.41, 5.74) is 2.75. The minimum absolute atomic E-state index is 0.225. The van der Waals surface area contributed by atoms with Crippen LogP contribution in [0.25, 0.3) is 5.65 Å². The van der Waals surface area contributed by atoms with E-state index >= 15 is 0 Å². The van der Waals surface area contributed by atoms with Gasteiger partial charge in [-0.2, -0.15) is 0 Å². The van der Waals surface area contributed by atoms with Crippen molar-refractivity contribution in [1.82, 2.24) is 9.38 Å². The normalized spacial score (nSPS) is 10.8. The highest BCUT2D eigenvalue weighted by molar-refractivity contribution is 6.42. The van der Waals surface area contributed by atoms with Crippen molar-refractivity contribution in [1.29, 1.82) is 0 Å². The molecule has 0 spiro atoms. The lowest BCUT2D eigenvalue weighted by atomic mass is 10.2. The van der Waals surface area contributed by atoms with Crippen LogP contribution in [0.15, 0.2) is 42.7 Å². The largest absolute Gasteiger partial charge is 0.322 e. The van der Waals surface area contributed by atoms with Gasteiger partial charge < -0.3 is 9.72 Å². The molecule has 3 rings (SSSR count). The van der Waals surface area contributed by atoms with Gasteiger partial charge in [0.15, 0.2) is 0 Å². The number of pyridine rings is 1. The Bertz CT molecular complexity index is 842. The van der Waals surface area contributed by atoms with Crippen LogP contribution < -0.4 is 5.32 Å². The number of benzene rings is 1. The van der Waals surface area contributed by atoms with Crippen LogP contribution in [0, 0.1) is 6.92 Å². The molecule has 21 heavy (non-hydrogen) atoms. The average Bonchev–Trinajstić information content (AvgIpc) is 2.82. The minimum Gasteiger partial charge on any atom is -0.322 e. The van der Waals surface area contributed by atoms with Crippen molar-refractivity contribution in [3.8, 4) is 0 Å². The van der Waals surface area contributed by atoms with Crippen LogP contribution in [0.1, 0.15) is 16.1 Å². The smallest absolute Gasteiger partial charge is 0.255 e. The number of carbonyl (C=O) groups is 1. The number of rotatable bonds is 2. The van der Waals surface area contributed by atoms with Gasteiger partial charge in [-0.05, 0) is 37.3 Å². The predicted octanol–water partition coefficient (Wildman–Crippen LogP) is 4.20. The molecule has 0 aliphatic heterocycles. The Morgan fingerprint density at radius 1 is 1.19 bits per heavy atom. The molecular weight excluding hydrogens is 309 g/mol. The number of aryl methyl sites for hydroxylation is 1. The Labute approximate surface area is 131 Å². The van der Waals surface area contributed by atoms with E-state index < -0.39 is 0 Å². The number of halogens is 2. The molecule has 3 aromatic rings. The molecule has 0 aliphatic rings. The zero-order valence-electron chi connectivity index (χ0n) is 11.1. The molecular formula is C15H11Cl2N3O. The summed E-state index contributed by atoms with van der Waals surface area (Å²) in [5, 5.41) is 3.62. The molecule has 0 atom stereocenters. The Hall–Kier alpha value is -2.04. The van der Waals surface area contributed by atoms with Crippen molar-refractivity contribution in [2.24, 2.45) is 0 Å². The number of amides is 1. The molecule has 1 aromatic carbocycles. The third kappa shape index (κ3) is 2.86. The highest BCUT2D eigenvalue weighted by atomic mass is 35.5. The molecule has 2 heterocycles. The topological polar surface area (TPSA) is 46.4 Å². The number of nitrogens with one attached hydrogen (secondary N) is 1. The van der Waals surface area contributed by atoms with E-state index in [-0.39, 0.29) is 5.91 Å². The summed E-state index contributed by atoms with van der Waals surface area (Å²) < 4.78 is 1.87. The van der Waals surface area contributed by atoms with Gasteiger partial charge in [0.1, 0.15) is 5.65 Å². The van der Waals surface area contributed by atoms with Gasteiger partial charge >= 0.3 is 0 Å². The third-order valence-corrected chi connectivity index (χ3v) is 3.76. The monoisotopic (exact) mass is 319 g/mol. The Morgan fingerprint density at radius 2 is 2.00 bits per heavy atom. The molecule has 6 heteroatoms. The van der Waals surface area contributed by atoms with Gasteiger partial charge in [-0.15, -0.1) is 0 Å². The van der Waals surface area contributed by atoms with Crippen LogP contribution in [0.4, 0.5) is 5.69 Å². The van der Waals surface area contributed by atoms with Gasteiger partial charge in [-0.25, -0.2) is 4.98 Å². The zero-order valence-corrected chi connectivity index (χ0v) is 12.6. The second kappa shape index (κ2) is 5.39. The predicted molar refractivity (Wildman–Crippen MR) is 84.3 cm³/mol. The maximum absolute atomic E-state index is 12.2. The van der Waals surface area contributed by atoms with E-state index in [1.165, 1.54) is 0 Å². The second-order valence-electron chi connectivity index (χ2n) is 4.65. The molecule has 0 fully saturated rings. The number of imidazole rings is 1. The molecule has 0 saturated heterocycles. The van der Waals surface area contributed by atoms with Crippen molar-refractivity contribution < 1.29 is 4.79 Å². The van der Waals surface area contributed by atoms with Crippen molar-refractivity contribution >= 4 is 40.4 Å². The van der Waals surface area contributed by atoms with E-state index in [9.17, 15) is 4.79 Å². The first-order chi connectivity index (χ1) is 10.0. The van der Waals surface area contributed by atoms with E-state index in [1.54, 1.807) is 36.5 Å². The maximum atomic E-state index is 12.2. The summed E-state index contributed by atoms with van der Waals surface area (Å²) in [6.45, 7) is 1.91. The third-order valence-electron chi connectivity index (χ3n) is 3.02. The molecule has 106 valence electrons. The highest BCUT2D eigenvalue weighted by Crippen LogP contribution is 2.25. The fourth-order valence-corrected chi connectivity index (χ4v) is 2.33. The number of fused-ring (bicyclic) bond motifs is 1. The van der Waals surface area contributed by atoms with E-state index in [1.807, 2.05) is 17.5 Å². The number of hydrogen-bond acceptors (Lipinski definition) is 2. The van der Waals surface area contributed by atoms with E-state index in [4.69, 9.17) is 23.2 Å². The molecule has 4 nitrogen and oxygen atoms in total. The van der Waals surface area contributed by atoms with Crippen LogP contribution in [0.3, 0.4) is 0 Å². The van der Waals surface area contributed by atoms with Crippen LogP contribution in [-0.2, 0) is 0 Å². The summed E-state index contributed by atoms with van der Waals surface area (Å²) in [4.78, 5) is 16.6. The molecule has 1 amide bonds. The average molecular weight is 320 g/mol. The maximum Gasteiger partial charge on any atom is 0.255 e. The van der Waals surface area contributed by atoms with Gasteiger partial charge in [0.25, 0.3) is 5.91 Å². The zero-order chi connectivity index (χ0) is 15.0. The van der Waals surface area contributed by atoms with Gasteiger partial charge in [0.2, 0.25) is 0 Å². The molecule has 0 bridgehead atoms. The van der Waals surface area contributed by atoms with Crippen molar-refractivity contribution in [2.45, 2.75) is 6.92 Å². The lowest BCUT2D eigenvalue weighted by Crippen LogP contribution is -2.12. The molecule has 1 N–H and O–H groups in total. The van der Waals surface area contributed by atoms with Crippen LogP contribution in [-0.4, -0.2) is 15.3 Å². The first kappa shape index (κ1) is 13.9. The summed E-state index contributed by atoms with van der Waals surface area (Å²) in [7, 11) is 0. The van der Waals surface area contributed by atoms with Gasteiger partial charge in [-0.3, -0.25) is 4.79 Å². The summed E-state index contributed by atoms with van der Waals surface area (Å²) in [6, 6.07) is 8.42. The van der Waals surface area contributed by atoms with E-state index in [0.717, 1.165) is 11.3 Å². The fraction of sp³-hybridized carbons (Fsp3) is 0.0667. The van der Waals surface area contributed by atoms with Crippen LogP contribution in [0.5, 0.6) is 0 Å². The summed E-state index contributed by atoms with van der Waals surface area (Å²) >= 11 is 11.8. The fourth-order valence-electron chi connectivity index (χ4n) is 2.03. The lowest BCUT2D eigenvalue weighted by Gasteiger charge is -2.06. The van der Waals surface area contributed by atoms with Gasteiger partial charge in [0.05, 0.1) is 15.7 Å². The molecule has 0 unspecified atom stereocenters. The van der Waals surface area contributed by atoms with Crippen molar-refractivity contribution in [3.63, 3.8) is 0 Å². The lowest BCUT2D eigenvalue weighted by molar-refractivity contribution is 0.102. The Morgan fingerprint density at radius 3 is 2.76 bits per heavy atom. The second-order valence-corrected chi connectivity index (χ2v) is 5.46. The Balaban J connectivity index is 1.87. The number of anilines is 1. The first-order valence-electron chi connectivity index (χ1n) is 6.25. The van der Waals surface area contributed by atoms with E-state index in [2.05, 4.69) is 10.3 Å². The van der Waals surface area contributed by atoms with Crippen LogP contribution in [0.2, 0.25) is 10.0 Å². The molecule has 0 aliphatic carbocycles. The highest BCUT2D eigenvalue weighted by Gasteiger charge is 2.09. The number of carbonyl (C=O) groups excluding carboxylic acids is 1. The first-order valence-corrected chi connectivity index (χ1v) is 7.00. The minimum atomic E-state index is -0.225. The van der Waals surface area contributed by atoms with Gasteiger partial charge in [-0.1, -0.05) is 23.2 Å².